The number of thioether (sulfide) groups is 1. The Morgan fingerprint density at radius 1 is 1.11 bits per heavy atom. The molecule has 1 N–H and O–H groups in total. The quantitative estimate of drug-likeness (QED) is 0.501. The molecule has 0 unspecified atom stereocenters. The zero-order valence-corrected chi connectivity index (χ0v) is 15.3. The Hall–Kier alpha value is -2.88. The van der Waals surface area contributed by atoms with Crippen molar-refractivity contribution in [3.8, 4) is 11.4 Å². The fraction of sp³-hybridized carbons (Fsp3) is 0.167. The van der Waals surface area contributed by atoms with Crippen molar-refractivity contribution >= 4 is 23.4 Å². The van der Waals surface area contributed by atoms with E-state index in [9.17, 15) is 22.4 Å². The fourth-order valence-corrected chi connectivity index (χ4v) is 3.16. The Kier molecular flexibility index (Phi) is 5.68. The molecule has 146 valence electrons. The van der Waals surface area contributed by atoms with Gasteiger partial charge in [-0.2, -0.15) is 13.2 Å². The summed E-state index contributed by atoms with van der Waals surface area (Å²) in [6.45, 7) is 0. The van der Waals surface area contributed by atoms with Crippen LogP contribution in [0.15, 0.2) is 53.7 Å². The van der Waals surface area contributed by atoms with Crippen molar-refractivity contribution in [3.63, 3.8) is 0 Å². The van der Waals surface area contributed by atoms with Gasteiger partial charge in [0.15, 0.2) is 11.0 Å². The van der Waals surface area contributed by atoms with Crippen molar-refractivity contribution in [2.75, 3.05) is 11.1 Å². The van der Waals surface area contributed by atoms with E-state index < -0.39 is 17.6 Å². The Morgan fingerprint density at radius 2 is 1.79 bits per heavy atom. The van der Waals surface area contributed by atoms with Gasteiger partial charge in [0.05, 0.1) is 17.0 Å². The highest BCUT2D eigenvalue weighted by atomic mass is 32.2. The maximum absolute atomic E-state index is 13.0. The molecular weight excluding hydrogens is 396 g/mol. The molecule has 1 aromatic heterocycles. The maximum Gasteiger partial charge on any atom is 0.418 e. The number of para-hydroxylation sites is 1. The van der Waals surface area contributed by atoms with Gasteiger partial charge in [0, 0.05) is 12.6 Å². The molecule has 0 aliphatic heterocycles. The van der Waals surface area contributed by atoms with E-state index in [-0.39, 0.29) is 17.3 Å². The summed E-state index contributed by atoms with van der Waals surface area (Å²) < 4.78 is 53.6. The molecule has 0 fully saturated rings. The zero-order valence-electron chi connectivity index (χ0n) is 14.5. The number of carbonyl (C=O) groups is 1. The number of carbonyl (C=O) groups excluding carboxylic acids is 1. The lowest BCUT2D eigenvalue weighted by molar-refractivity contribution is -0.137. The van der Waals surface area contributed by atoms with E-state index in [4.69, 9.17) is 0 Å². The van der Waals surface area contributed by atoms with Gasteiger partial charge < -0.3 is 9.88 Å². The first-order chi connectivity index (χ1) is 13.3. The Balaban J connectivity index is 1.67. The first kappa shape index (κ1) is 19.9. The minimum Gasteiger partial charge on any atom is -0.325 e. The van der Waals surface area contributed by atoms with Crippen LogP contribution < -0.4 is 5.32 Å². The molecular formula is C18H14F4N4OS. The Labute approximate surface area is 161 Å². The summed E-state index contributed by atoms with van der Waals surface area (Å²) in [7, 11) is 1.68. The molecule has 0 bridgehead atoms. The second kappa shape index (κ2) is 8.01. The van der Waals surface area contributed by atoms with Gasteiger partial charge in [-0.25, -0.2) is 4.39 Å². The van der Waals surface area contributed by atoms with Gasteiger partial charge in [0.1, 0.15) is 5.82 Å². The molecule has 10 heteroatoms. The summed E-state index contributed by atoms with van der Waals surface area (Å²) in [5.74, 6) is -0.656. The molecule has 1 amide bonds. The number of anilines is 1. The molecule has 0 spiro atoms. The van der Waals surface area contributed by atoms with E-state index in [1.54, 1.807) is 23.7 Å². The molecule has 0 saturated carbocycles. The van der Waals surface area contributed by atoms with Crippen LogP contribution in [-0.2, 0) is 18.0 Å². The van der Waals surface area contributed by atoms with Crippen molar-refractivity contribution < 1.29 is 22.4 Å². The number of alkyl halides is 3. The van der Waals surface area contributed by atoms with E-state index in [1.165, 1.54) is 30.3 Å². The second-order valence-corrected chi connectivity index (χ2v) is 6.69. The maximum atomic E-state index is 13.0. The smallest absolute Gasteiger partial charge is 0.325 e. The number of aromatic nitrogens is 3. The third-order valence-corrected chi connectivity index (χ3v) is 4.80. The van der Waals surface area contributed by atoms with Gasteiger partial charge in [-0.15, -0.1) is 10.2 Å². The van der Waals surface area contributed by atoms with Crippen LogP contribution in [0, 0.1) is 5.82 Å². The Morgan fingerprint density at radius 3 is 2.46 bits per heavy atom. The average Bonchev–Trinajstić information content (AvgIpc) is 3.01. The zero-order chi connectivity index (χ0) is 20.3. The molecule has 3 rings (SSSR count). The van der Waals surface area contributed by atoms with Crippen molar-refractivity contribution in [2.45, 2.75) is 11.3 Å². The standard InChI is InChI=1S/C18H14F4N4OS/c1-26-16(11-6-8-12(19)9-7-11)24-25-17(26)28-10-15(27)23-14-5-3-2-4-13(14)18(20,21)22/h2-9H,10H2,1H3,(H,23,27). The largest absolute Gasteiger partial charge is 0.418 e. The molecule has 0 aliphatic rings. The SMILES string of the molecule is Cn1c(SCC(=O)Nc2ccccc2C(F)(F)F)nnc1-c1ccc(F)cc1. The van der Waals surface area contributed by atoms with Gasteiger partial charge in [0.2, 0.25) is 5.91 Å². The highest BCUT2D eigenvalue weighted by molar-refractivity contribution is 7.99. The molecule has 28 heavy (non-hydrogen) atoms. The lowest BCUT2D eigenvalue weighted by Crippen LogP contribution is -2.18. The molecule has 1 heterocycles. The molecule has 0 atom stereocenters. The van der Waals surface area contributed by atoms with E-state index >= 15 is 0 Å². The normalized spacial score (nSPS) is 11.5. The average molecular weight is 410 g/mol. The first-order valence-electron chi connectivity index (χ1n) is 8.00. The number of halogens is 4. The van der Waals surface area contributed by atoms with Crippen LogP contribution in [0.5, 0.6) is 0 Å². The highest BCUT2D eigenvalue weighted by Gasteiger charge is 2.33. The van der Waals surface area contributed by atoms with Crippen LogP contribution in [0.2, 0.25) is 0 Å². The van der Waals surface area contributed by atoms with Crippen LogP contribution in [0.3, 0.4) is 0 Å². The highest BCUT2D eigenvalue weighted by Crippen LogP contribution is 2.34. The lowest BCUT2D eigenvalue weighted by Gasteiger charge is -2.13. The minimum absolute atomic E-state index is 0.151. The molecule has 0 radical (unpaired) electrons. The van der Waals surface area contributed by atoms with Gasteiger partial charge >= 0.3 is 6.18 Å². The van der Waals surface area contributed by atoms with Crippen molar-refractivity contribution in [1.29, 1.82) is 0 Å². The molecule has 0 saturated heterocycles. The second-order valence-electron chi connectivity index (χ2n) is 5.75. The third-order valence-electron chi connectivity index (χ3n) is 3.78. The van der Waals surface area contributed by atoms with Crippen LogP contribution in [-0.4, -0.2) is 26.4 Å². The van der Waals surface area contributed by atoms with E-state index in [0.717, 1.165) is 17.8 Å². The summed E-state index contributed by atoms with van der Waals surface area (Å²) in [6.07, 6.45) is -4.56. The Bertz CT molecular complexity index is 986. The van der Waals surface area contributed by atoms with E-state index in [2.05, 4.69) is 15.5 Å². The summed E-state index contributed by atoms with van der Waals surface area (Å²) >= 11 is 1.03. The van der Waals surface area contributed by atoms with Crippen LogP contribution in [0.1, 0.15) is 5.56 Å². The summed E-state index contributed by atoms with van der Waals surface area (Å²) in [5, 5.41) is 10.7. The van der Waals surface area contributed by atoms with Crippen molar-refractivity contribution in [3.05, 3.63) is 59.9 Å². The molecule has 3 aromatic rings. The van der Waals surface area contributed by atoms with Crippen molar-refractivity contribution in [1.82, 2.24) is 14.8 Å². The van der Waals surface area contributed by atoms with Crippen LogP contribution in [0.4, 0.5) is 23.2 Å². The number of nitrogens with zero attached hydrogens (tertiary/aromatic N) is 3. The summed E-state index contributed by atoms with van der Waals surface area (Å²) in [5.41, 5.74) is -0.567. The predicted molar refractivity (Wildman–Crippen MR) is 97.2 cm³/mol. The van der Waals surface area contributed by atoms with Gasteiger partial charge in [-0.3, -0.25) is 4.79 Å². The predicted octanol–water partition coefficient (Wildman–Crippen LogP) is 4.37. The number of nitrogens with one attached hydrogen (secondary N) is 1. The number of benzene rings is 2. The van der Waals surface area contributed by atoms with E-state index in [1.807, 2.05) is 0 Å². The first-order valence-corrected chi connectivity index (χ1v) is 8.98. The number of hydrogen-bond donors (Lipinski definition) is 1. The topological polar surface area (TPSA) is 59.8 Å². The van der Waals surface area contributed by atoms with Gasteiger partial charge in [0.25, 0.3) is 0 Å². The molecule has 0 aliphatic carbocycles. The van der Waals surface area contributed by atoms with Crippen molar-refractivity contribution in [2.24, 2.45) is 7.05 Å². The number of amides is 1. The van der Waals surface area contributed by atoms with E-state index in [0.29, 0.717) is 16.5 Å². The summed E-state index contributed by atoms with van der Waals surface area (Å²) in [4.78, 5) is 12.1. The summed E-state index contributed by atoms with van der Waals surface area (Å²) in [6, 6.07) is 10.5. The monoisotopic (exact) mass is 410 g/mol. The lowest BCUT2D eigenvalue weighted by atomic mass is 10.1. The molecule has 5 nitrogen and oxygen atoms in total. The minimum atomic E-state index is -4.56. The number of rotatable bonds is 5. The van der Waals surface area contributed by atoms with Crippen LogP contribution in [0.25, 0.3) is 11.4 Å². The van der Waals surface area contributed by atoms with Crippen LogP contribution >= 0.6 is 11.8 Å². The van der Waals surface area contributed by atoms with Gasteiger partial charge in [-0.05, 0) is 36.4 Å². The third kappa shape index (κ3) is 4.50. The van der Waals surface area contributed by atoms with Gasteiger partial charge in [-0.1, -0.05) is 23.9 Å². The molecule has 2 aromatic carbocycles. The number of hydrogen-bond acceptors (Lipinski definition) is 4. The fourth-order valence-electron chi connectivity index (χ4n) is 2.45.